The van der Waals surface area contributed by atoms with E-state index in [1.807, 2.05) is 13.8 Å². The first-order chi connectivity index (χ1) is 15.6. The van der Waals surface area contributed by atoms with Gasteiger partial charge in [0.2, 0.25) is 0 Å². The van der Waals surface area contributed by atoms with Crippen molar-refractivity contribution < 1.29 is 23.9 Å². The van der Waals surface area contributed by atoms with Crippen LogP contribution in [-0.2, 0) is 9.53 Å². The van der Waals surface area contributed by atoms with E-state index in [0.717, 1.165) is 0 Å². The van der Waals surface area contributed by atoms with Crippen molar-refractivity contribution in [1.82, 2.24) is 9.78 Å². The maximum Gasteiger partial charge on any atom is 0.435 e. The van der Waals surface area contributed by atoms with Crippen LogP contribution in [0.15, 0.2) is 60.8 Å². The normalized spacial score (nSPS) is 10.5. The van der Waals surface area contributed by atoms with Crippen LogP contribution in [0.25, 0.3) is 11.3 Å². The maximum absolute atomic E-state index is 12.6. The molecule has 0 aliphatic rings. The molecule has 0 aliphatic heterocycles. The molecular formula is C25H29N3O5. The van der Waals surface area contributed by atoms with Crippen LogP contribution in [0, 0.1) is 0 Å². The molecule has 0 unspecified atom stereocenters. The summed E-state index contributed by atoms with van der Waals surface area (Å²) in [6, 6.07) is 15.0. The zero-order valence-corrected chi connectivity index (χ0v) is 19.7. The van der Waals surface area contributed by atoms with Crippen molar-refractivity contribution in [2.45, 2.75) is 47.1 Å². The van der Waals surface area contributed by atoms with Crippen LogP contribution in [0.4, 0.5) is 10.5 Å². The summed E-state index contributed by atoms with van der Waals surface area (Å²) in [7, 11) is 0. The number of ether oxygens (including phenoxy) is 2. The van der Waals surface area contributed by atoms with E-state index >= 15 is 0 Å². The molecule has 3 aromatic rings. The predicted octanol–water partition coefficient (Wildman–Crippen LogP) is 5.54. The lowest BCUT2D eigenvalue weighted by molar-refractivity contribution is -0.131. The Bertz CT molecular complexity index is 1110. The van der Waals surface area contributed by atoms with Gasteiger partial charge in [0.1, 0.15) is 11.4 Å². The van der Waals surface area contributed by atoms with Crippen molar-refractivity contribution >= 4 is 23.7 Å². The van der Waals surface area contributed by atoms with Crippen molar-refractivity contribution in [2.75, 3.05) is 5.32 Å². The Hall–Kier alpha value is -3.94. The largest absolute Gasteiger partial charge is 0.442 e. The summed E-state index contributed by atoms with van der Waals surface area (Å²) in [5, 5.41) is 6.88. The Balaban J connectivity index is 0.00000187. The highest BCUT2D eigenvalue weighted by atomic mass is 16.6. The van der Waals surface area contributed by atoms with Gasteiger partial charge in [-0.2, -0.15) is 9.78 Å². The van der Waals surface area contributed by atoms with E-state index in [1.54, 1.807) is 75.4 Å². The molecule has 0 atom stereocenters. The summed E-state index contributed by atoms with van der Waals surface area (Å²) in [6.45, 7) is 10.7. The van der Waals surface area contributed by atoms with Gasteiger partial charge in [0.15, 0.2) is 0 Å². The highest BCUT2D eigenvalue weighted by molar-refractivity contribution is 6.04. The molecule has 1 aromatic heterocycles. The highest BCUT2D eigenvalue weighted by Gasteiger charge is 2.21. The van der Waals surface area contributed by atoms with Gasteiger partial charge in [0.25, 0.3) is 5.91 Å². The van der Waals surface area contributed by atoms with Crippen molar-refractivity contribution in [3.63, 3.8) is 0 Å². The molecule has 2 aromatic carbocycles. The fraction of sp³-hybridized carbons (Fsp3) is 0.280. The summed E-state index contributed by atoms with van der Waals surface area (Å²) in [4.78, 5) is 36.0. The van der Waals surface area contributed by atoms with Crippen LogP contribution >= 0.6 is 0 Å². The van der Waals surface area contributed by atoms with E-state index in [4.69, 9.17) is 9.47 Å². The molecule has 1 amide bonds. The number of nitrogens with zero attached hydrogens (tertiary/aromatic N) is 2. The molecule has 174 valence electrons. The number of hydrogen-bond acceptors (Lipinski definition) is 6. The molecule has 8 nitrogen and oxygen atoms in total. The molecule has 0 radical (unpaired) electrons. The van der Waals surface area contributed by atoms with Crippen LogP contribution in [0.2, 0.25) is 0 Å². The monoisotopic (exact) mass is 451 g/mol. The Morgan fingerprint density at radius 2 is 1.64 bits per heavy atom. The van der Waals surface area contributed by atoms with Crippen molar-refractivity contribution in [2.24, 2.45) is 0 Å². The predicted molar refractivity (Wildman–Crippen MR) is 126 cm³/mol. The molecule has 1 heterocycles. The first-order valence-corrected chi connectivity index (χ1v) is 10.6. The van der Waals surface area contributed by atoms with Crippen molar-refractivity contribution in [1.29, 1.82) is 0 Å². The summed E-state index contributed by atoms with van der Waals surface area (Å²) in [5.74, 6) is -0.395. The number of anilines is 1. The van der Waals surface area contributed by atoms with E-state index in [2.05, 4.69) is 10.4 Å². The number of benzene rings is 2. The number of rotatable bonds is 4. The third-order valence-corrected chi connectivity index (χ3v) is 4.00. The number of aromatic nitrogens is 2. The van der Waals surface area contributed by atoms with Gasteiger partial charge < -0.3 is 14.8 Å². The third kappa shape index (κ3) is 7.31. The zero-order chi connectivity index (χ0) is 24.6. The second-order valence-corrected chi connectivity index (χ2v) is 7.76. The molecule has 0 bridgehead atoms. The summed E-state index contributed by atoms with van der Waals surface area (Å²) in [6.07, 6.45) is 0.921. The minimum atomic E-state index is -0.652. The van der Waals surface area contributed by atoms with Gasteiger partial charge in [-0.1, -0.05) is 26.0 Å². The van der Waals surface area contributed by atoms with Gasteiger partial charge in [-0.15, -0.1) is 0 Å². The van der Waals surface area contributed by atoms with Crippen LogP contribution in [0.5, 0.6) is 5.75 Å². The Morgan fingerprint density at radius 1 is 0.970 bits per heavy atom. The summed E-state index contributed by atoms with van der Waals surface area (Å²) < 4.78 is 11.5. The fourth-order valence-electron chi connectivity index (χ4n) is 2.77. The molecule has 1 N–H and O–H groups in total. The second-order valence-electron chi connectivity index (χ2n) is 7.76. The molecular weight excluding hydrogens is 422 g/mol. The number of nitrogens with one attached hydrogen (secondary N) is 1. The molecule has 33 heavy (non-hydrogen) atoms. The Morgan fingerprint density at radius 3 is 2.24 bits per heavy atom. The van der Waals surface area contributed by atoms with Gasteiger partial charge in [0, 0.05) is 23.7 Å². The molecule has 0 saturated heterocycles. The van der Waals surface area contributed by atoms with E-state index in [1.165, 1.54) is 17.8 Å². The summed E-state index contributed by atoms with van der Waals surface area (Å²) in [5.41, 5.74) is 1.52. The fourth-order valence-corrected chi connectivity index (χ4v) is 2.77. The van der Waals surface area contributed by atoms with Gasteiger partial charge in [0.05, 0.1) is 11.9 Å². The lowest BCUT2D eigenvalue weighted by Crippen LogP contribution is -2.28. The van der Waals surface area contributed by atoms with Crippen LogP contribution < -0.4 is 10.1 Å². The van der Waals surface area contributed by atoms with Gasteiger partial charge in [-0.05, 0) is 63.2 Å². The quantitative estimate of drug-likeness (QED) is 0.413. The first kappa shape index (κ1) is 25.3. The number of carbonyl (C=O) groups is 3. The minimum absolute atomic E-state index is 0.327. The Kier molecular flexibility index (Phi) is 8.50. The van der Waals surface area contributed by atoms with E-state index < -0.39 is 17.7 Å². The van der Waals surface area contributed by atoms with Crippen LogP contribution in [0.3, 0.4) is 0 Å². The number of hydrogen-bond donors (Lipinski definition) is 1. The van der Waals surface area contributed by atoms with Crippen molar-refractivity contribution in [3.8, 4) is 17.0 Å². The van der Waals surface area contributed by atoms with Crippen LogP contribution in [0.1, 0.15) is 51.9 Å². The van der Waals surface area contributed by atoms with Gasteiger partial charge in [-0.25, -0.2) is 4.79 Å². The molecule has 8 heteroatoms. The first-order valence-electron chi connectivity index (χ1n) is 10.6. The number of esters is 1. The summed E-state index contributed by atoms with van der Waals surface area (Å²) >= 11 is 0. The molecule has 0 spiro atoms. The average molecular weight is 452 g/mol. The standard InChI is InChI=1S/C23H23N3O5.C2H6/c1-15(27)30-19-10-8-16(9-11-19)21(28)25-18-7-5-6-17(14-18)20-12-13-24-26(20)22(29)31-23(2,3)4;1-2/h5-14H,1-4H3,(H,25,28);1-2H3. The van der Waals surface area contributed by atoms with Gasteiger partial charge in [-0.3, -0.25) is 9.59 Å². The Labute approximate surface area is 193 Å². The average Bonchev–Trinajstić information content (AvgIpc) is 3.24. The molecule has 0 saturated carbocycles. The van der Waals surface area contributed by atoms with Crippen LogP contribution in [-0.4, -0.2) is 33.4 Å². The lowest BCUT2D eigenvalue weighted by Gasteiger charge is -2.19. The molecule has 3 rings (SSSR count). The number of amides is 1. The van der Waals surface area contributed by atoms with E-state index in [9.17, 15) is 14.4 Å². The lowest BCUT2D eigenvalue weighted by atomic mass is 10.1. The molecule has 0 aliphatic carbocycles. The third-order valence-electron chi connectivity index (χ3n) is 4.00. The minimum Gasteiger partial charge on any atom is -0.442 e. The second kappa shape index (κ2) is 11.1. The highest BCUT2D eigenvalue weighted by Crippen LogP contribution is 2.24. The molecule has 0 fully saturated rings. The van der Waals surface area contributed by atoms with Crippen molar-refractivity contribution in [3.05, 3.63) is 66.4 Å². The van der Waals surface area contributed by atoms with E-state index in [0.29, 0.717) is 28.3 Å². The van der Waals surface area contributed by atoms with E-state index in [-0.39, 0.29) is 5.91 Å². The van der Waals surface area contributed by atoms with Gasteiger partial charge >= 0.3 is 12.1 Å². The topological polar surface area (TPSA) is 99.5 Å². The number of carbonyl (C=O) groups excluding carboxylic acids is 3. The maximum atomic E-state index is 12.6. The smallest absolute Gasteiger partial charge is 0.435 e. The zero-order valence-electron chi connectivity index (χ0n) is 19.7. The SMILES string of the molecule is CC.CC(=O)Oc1ccc(C(=O)Nc2cccc(-c3ccnn3C(=O)OC(C)(C)C)c2)cc1.